The molecule has 0 aromatic rings. The molecule has 4 aliphatic carbocycles. The van der Waals surface area contributed by atoms with E-state index in [-0.39, 0.29) is 0 Å². The third-order valence-corrected chi connectivity index (χ3v) is 6.33. The maximum atomic E-state index is 11.9. The van der Waals surface area contributed by atoms with Crippen LogP contribution >= 0.6 is 0 Å². The van der Waals surface area contributed by atoms with Gasteiger partial charge in [0.05, 0.1) is 0 Å². The quantitative estimate of drug-likeness (QED) is 0.581. The van der Waals surface area contributed by atoms with Crippen LogP contribution in [0.1, 0.15) is 64.2 Å². The zero-order chi connectivity index (χ0) is 12.1. The lowest BCUT2D eigenvalue weighted by Gasteiger charge is -2.44. The molecule has 2 fully saturated rings. The minimum absolute atomic E-state index is 0.434. The zero-order valence-corrected chi connectivity index (χ0v) is 11.3. The molecule has 1 heteroatoms. The second-order valence-electron chi connectivity index (χ2n) is 7.00. The number of hydrogen-bond acceptors (Lipinski definition) is 1. The van der Waals surface area contributed by atoms with E-state index >= 15 is 0 Å². The number of carbonyl (C=O) groups excluding carboxylic acids is 1. The molecule has 0 aromatic carbocycles. The normalized spacial score (nSPS) is 43.4. The molecule has 4 aliphatic rings. The second kappa shape index (κ2) is 4.21. The van der Waals surface area contributed by atoms with Crippen LogP contribution in [0.15, 0.2) is 11.1 Å². The van der Waals surface area contributed by atoms with Crippen molar-refractivity contribution >= 4 is 5.78 Å². The molecule has 0 aliphatic heterocycles. The van der Waals surface area contributed by atoms with Crippen LogP contribution in [0.25, 0.3) is 0 Å². The molecule has 0 aromatic heterocycles. The van der Waals surface area contributed by atoms with Gasteiger partial charge in [-0.25, -0.2) is 0 Å². The highest BCUT2D eigenvalue weighted by Crippen LogP contribution is 2.53. The Labute approximate surface area is 110 Å². The van der Waals surface area contributed by atoms with Crippen molar-refractivity contribution in [3.05, 3.63) is 11.1 Å². The van der Waals surface area contributed by atoms with Gasteiger partial charge >= 0.3 is 0 Å². The van der Waals surface area contributed by atoms with Crippen molar-refractivity contribution in [1.29, 1.82) is 0 Å². The van der Waals surface area contributed by atoms with Gasteiger partial charge in [0.25, 0.3) is 0 Å². The van der Waals surface area contributed by atoms with Crippen molar-refractivity contribution in [3.63, 3.8) is 0 Å². The molecule has 4 atom stereocenters. The van der Waals surface area contributed by atoms with Crippen LogP contribution in [-0.2, 0) is 4.79 Å². The molecule has 0 amide bonds. The molecule has 1 nitrogen and oxygen atoms in total. The van der Waals surface area contributed by atoms with Crippen LogP contribution < -0.4 is 0 Å². The van der Waals surface area contributed by atoms with E-state index in [1.54, 1.807) is 5.57 Å². The Hall–Kier alpha value is -0.590. The smallest absolute Gasteiger partial charge is 0.136 e. The molecule has 0 heterocycles. The molecule has 0 radical (unpaired) electrons. The molecule has 0 N–H and O–H groups in total. The van der Waals surface area contributed by atoms with E-state index in [0.29, 0.717) is 17.6 Å². The highest BCUT2D eigenvalue weighted by molar-refractivity contribution is 5.84. The summed E-state index contributed by atoms with van der Waals surface area (Å²) in [5.41, 5.74) is 3.63. The first-order chi connectivity index (χ1) is 8.84. The number of hydrogen-bond donors (Lipinski definition) is 0. The van der Waals surface area contributed by atoms with Crippen molar-refractivity contribution in [2.75, 3.05) is 0 Å². The van der Waals surface area contributed by atoms with Gasteiger partial charge in [-0.05, 0) is 62.7 Å². The summed E-state index contributed by atoms with van der Waals surface area (Å²) < 4.78 is 0. The van der Waals surface area contributed by atoms with E-state index in [9.17, 15) is 4.79 Å². The average Bonchev–Trinajstić information content (AvgIpc) is 2.80. The van der Waals surface area contributed by atoms with E-state index in [1.165, 1.54) is 57.8 Å². The van der Waals surface area contributed by atoms with Crippen molar-refractivity contribution in [1.82, 2.24) is 0 Å². The Morgan fingerprint density at radius 1 is 0.667 bits per heavy atom. The van der Waals surface area contributed by atoms with Crippen LogP contribution in [0, 0.1) is 23.7 Å². The number of allylic oxidation sites excluding steroid dienone is 2. The Morgan fingerprint density at radius 2 is 1.39 bits per heavy atom. The standard InChI is InChI=1S/C17H24O/c18-17-10-9-15-14-6-5-11-3-1-2-4-12(11)13(14)7-8-16(15)17/h11-12,15-16H,1-10H2. The molecule has 4 rings (SSSR count). The van der Waals surface area contributed by atoms with Gasteiger partial charge in [-0.15, -0.1) is 0 Å². The fourth-order valence-electron chi connectivity index (χ4n) is 5.52. The molecule has 2 saturated carbocycles. The molecule has 98 valence electrons. The van der Waals surface area contributed by atoms with Gasteiger partial charge in [-0.3, -0.25) is 4.79 Å². The second-order valence-corrected chi connectivity index (χ2v) is 7.00. The first-order valence-corrected chi connectivity index (χ1v) is 8.09. The lowest BCUT2D eigenvalue weighted by atomic mass is 9.61. The lowest BCUT2D eigenvalue weighted by Crippen LogP contribution is -2.32. The molecule has 0 spiro atoms. The maximum Gasteiger partial charge on any atom is 0.136 e. The van der Waals surface area contributed by atoms with E-state index < -0.39 is 0 Å². The summed E-state index contributed by atoms with van der Waals surface area (Å²) in [6.07, 6.45) is 13.1. The largest absolute Gasteiger partial charge is 0.299 e. The summed E-state index contributed by atoms with van der Waals surface area (Å²) in [5, 5.41) is 0. The third-order valence-electron chi connectivity index (χ3n) is 6.33. The van der Waals surface area contributed by atoms with Crippen LogP contribution in [0.3, 0.4) is 0 Å². The monoisotopic (exact) mass is 244 g/mol. The Morgan fingerprint density at radius 3 is 2.33 bits per heavy atom. The third kappa shape index (κ3) is 1.55. The first kappa shape index (κ1) is 11.3. The molecular formula is C17H24O. The molecule has 0 bridgehead atoms. The minimum Gasteiger partial charge on any atom is -0.299 e. The summed E-state index contributed by atoms with van der Waals surface area (Å²) in [7, 11) is 0. The zero-order valence-electron chi connectivity index (χ0n) is 11.3. The van der Waals surface area contributed by atoms with Gasteiger partial charge in [0.15, 0.2) is 0 Å². The van der Waals surface area contributed by atoms with E-state index in [4.69, 9.17) is 0 Å². The van der Waals surface area contributed by atoms with Gasteiger partial charge in [-0.1, -0.05) is 24.0 Å². The Balaban J connectivity index is 1.68. The fraction of sp³-hybridized carbons (Fsp3) is 0.824. The highest BCUT2D eigenvalue weighted by Gasteiger charge is 2.44. The first-order valence-electron chi connectivity index (χ1n) is 8.09. The van der Waals surface area contributed by atoms with Crippen molar-refractivity contribution in [2.45, 2.75) is 64.2 Å². The van der Waals surface area contributed by atoms with E-state index in [1.807, 2.05) is 5.57 Å². The Kier molecular flexibility index (Phi) is 2.63. The predicted octanol–water partition coefficient (Wildman–Crippen LogP) is 4.27. The van der Waals surface area contributed by atoms with Gasteiger partial charge in [-0.2, -0.15) is 0 Å². The van der Waals surface area contributed by atoms with Crippen LogP contribution in [0.4, 0.5) is 0 Å². The number of fused-ring (bicyclic) bond motifs is 4. The van der Waals surface area contributed by atoms with Crippen molar-refractivity contribution in [3.8, 4) is 0 Å². The van der Waals surface area contributed by atoms with E-state index in [2.05, 4.69) is 0 Å². The number of rotatable bonds is 0. The molecule has 0 saturated heterocycles. The number of Topliss-reactive ketones (excluding diaryl/α,β-unsaturated/α-hetero) is 1. The van der Waals surface area contributed by atoms with Crippen LogP contribution in [0.2, 0.25) is 0 Å². The fourth-order valence-corrected chi connectivity index (χ4v) is 5.52. The average molecular weight is 244 g/mol. The van der Waals surface area contributed by atoms with Gasteiger partial charge in [0.2, 0.25) is 0 Å². The van der Waals surface area contributed by atoms with Crippen molar-refractivity contribution < 1.29 is 4.79 Å². The Bertz CT molecular complexity index is 406. The number of carbonyl (C=O) groups is 1. The molecule has 18 heavy (non-hydrogen) atoms. The summed E-state index contributed by atoms with van der Waals surface area (Å²) >= 11 is 0. The van der Waals surface area contributed by atoms with Gasteiger partial charge in [0, 0.05) is 12.3 Å². The number of ketones is 1. The highest BCUT2D eigenvalue weighted by atomic mass is 16.1. The predicted molar refractivity (Wildman–Crippen MR) is 72.2 cm³/mol. The summed E-state index contributed by atoms with van der Waals surface area (Å²) in [4.78, 5) is 11.9. The summed E-state index contributed by atoms with van der Waals surface area (Å²) in [6, 6.07) is 0. The van der Waals surface area contributed by atoms with E-state index in [0.717, 1.165) is 18.3 Å². The minimum atomic E-state index is 0.434. The summed E-state index contributed by atoms with van der Waals surface area (Å²) in [5.74, 6) is 3.63. The summed E-state index contributed by atoms with van der Waals surface area (Å²) in [6.45, 7) is 0. The topological polar surface area (TPSA) is 17.1 Å². The lowest BCUT2D eigenvalue weighted by molar-refractivity contribution is -0.121. The van der Waals surface area contributed by atoms with Crippen LogP contribution in [-0.4, -0.2) is 5.78 Å². The maximum absolute atomic E-state index is 11.9. The molecule has 4 unspecified atom stereocenters. The van der Waals surface area contributed by atoms with Crippen molar-refractivity contribution in [2.24, 2.45) is 23.7 Å². The SMILES string of the molecule is O=C1CCC2C3=C(CCC12)C1CCCCC1CC3. The molecular weight excluding hydrogens is 220 g/mol. The van der Waals surface area contributed by atoms with Gasteiger partial charge < -0.3 is 0 Å². The van der Waals surface area contributed by atoms with Gasteiger partial charge in [0.1, 0.15) is 5.78 Å². The van der Waals surface area contributed by atoms with Crippen LogP contribution in [0.5, 0.6) is 0 Å².